The van der Waals surface area contributed by atoms with Gasteiger partial charge in [-0.2, -0.15) is 0 Å². The molecule has 0 saturated heterocycles. The zero-order valence-corrected chi connectivity index (χ0v) is 10.7. The van der Waals surface area contributed by atoms with Crippen LogP contribution in [0.5, 0.6) is 0 Å². The first-order valence-corrected chi connectivity index (χ1v) is 6.18. The van der Waals surface area contributed by atoms with Gasteiger partial charge in [0.05, 0.1) is 0 Å². The average Bonchev–Trinajstić information content (AvgIpc) is 2.29. The van der Waals surface area contributed by atoms with Crippen LogP contribution in [0.15, 0.2) is 30.3 Å². The third-order valence-corrected chi connectivity index (χ3v) is 2.51. The largest absolute Gasteiger partial charge is 0.313 e. The molecule has 0 aromatic heterocycles. The summed E-state index contributed by atoms with van der Waals surface area (Å²) in [5.74, 6) is 0.720. The first-order valence-electron chi connectivity index (χ1n) is 6.18. The summed E-state index contributed by atoms with van der Waals surface area (Å²) in [5.41, 5.74) is 2.68. The zero-order valence-electron chi connectivity index (χ0n) is 10.7. The molecule has 0 amide bonds. The van der Waals surface area contributed by atoms with Crippen molar-refractivity contribution >= 4 is 6.08 Å². The van der Waals surface area contributed by atoms with Crippen LogP contribution in [0.3, 0.4) is 0 Å². The molecule has 0 saturated carbocycles. The number of hydrogen-bond donors (Lipinski definition) is 1. The van der Waals surface area contributed by atoms with Crippen LogP contribution in [0.2, 0.25) is 0 Å². The lowest BCUT2D eigenvalue weighted by molar-refractivity contribution is 0.577. The van der Waals surface area contributed by atoms with Gasteiger partial charge in [-0.1, -0.05) is 57.2 Å². The zero-order chi connectivity index (χ0) is 11.8. The van der Waals surface area contributed by atoms with Gasteiger partial charge in [0.1, 0.15) is 0 Å². The van der Waals surface area contributed by atoms with Crippen LogP contribution in [0.25, 0.3) is 6.08 Å². The maximum Gasteiger partial charge on any atom is 0.0138 e. The Morgan fingerprint density at radius 1 is 1.19 bits per heavy atom. The molecule has 0 atom stereocenters. The maximum atomic E-state index is 3.39. The Balaban J connectivity index is 2.32. The summed E-state index contributed by atoms with van der Waals surface area (Å²) in [6, 6.07) is 8.75. The van der Waals surface area contributed by atoms with Gasteiger partial charge < -0.3 is 5.32 Å². The summed E-state index contributed by atoms with van der Waals surface area (Å²) in [6.07, 6.45) is 5.47. The van der Waals surface area contributed by atoms with Gasteiger partial charge in [-0.15, -0.1) is 0 Å². The van der Waals surface area contributed by atoms with Crippen molar-refractivity contribution in [1.82, 2.24) is 5.32 Å². The van der Waals surface area contributed by atoms with Crippen molar-refractivity contribution in [3.8, 4) is 0 Å². The second kappa shape index (κ2) is 7.24. The lowest BCUT2D eigenvalue weighted by Crippen LogP contribution is -2.19. The molecule has 1 aromatic rings. The summed E-state index contributed by atoms with van der Waals surface area (Å²) < 4.78 is 0. The average molecular weight is 217 g/mol. The topological polar surface area (TPSA) is 12.0 Å². The number of rotatable bonds is 6. The van der Waals surface area contributed by atoms with Crippen LogP contribution >= 0.6 is 0 Å². The van der Waals surface area contributed by atoms with Gasteiger partial charge >= 0.3 is 0 Å². The van der Waals surface area contributed by atoms with Gasteiger partial charge in [0.15, 0.2) is 0 Å². The van der Waals surface area contributed by atoms with E-state index < -0.39 is 0 Å². The SMILES string of the molecule is CCc1ccc(C=CCNCC(C)C)cc1. The normalized spacial score (nSPS) is 11.5. The predicted octanol–water partition coefficient (Wildman–Crippen LogP) is 3.51. The van der Waals surface area contributed by atoms with E-state index in [9.17, 15) is 0 Å². The Bertz CT molecular complexity index is 309. The fourth-order valence-electron chi connectivity index (χ4n) is 1.51. The van der Waals surface area contributed by atoms with Gasteiger partial charge in [-0.3, -0.25) is 0 Å². The fraction of sp³-hybridized carbons (Fsp3) is 0.467. The van der Waals surface area contributed by atoms with Crippen molar-refractivity contribution in [2.45, 2.75) is 27.2 Å². The second-order valence-electron chi connectivity index (χ2n) is 4.55. The molecule has 0 aliphatic carbocycles. The highest BCUT2D eigenvalue weighted by Gasteiger charge is 1.90. The Morgan fingerprint density at radius 3 is 2.44 bits per heavy atom. The van der Waals surface area contributed by atoms with Crippen molar-refractivity contribution in [3.05, 3.63) is 41.5 Å². The molecule has 1 nitrogen and oxygen atoms in total. The van der Waals surface area contributed by atoms with Crippen molar-refractivity contribution in [2.24, 2.45) is 5.92 Å². The minimum atomic E-state index is 0.720. The maximum absolute atomic E-state index is 3.39. The lowest BCUT2D eigenvalue weighted by atomic mass is 10.1. The number of benzene rings is 1. The standard InChI is InChI=1S/C15H23N/c1-4-14-7-9-15(10-8-14)6-5-11-16-12-13(2)3/h5-10,13,16H,4,11-12H2,1-3H3. The van der Waals surface area contributed by atoms with Crippen LogP contribution in [-0.2, 0) is 6.42 Å². The molecule has 0 fully saturated rings. The van der Waals surface area contributed by atoms with Gasteiger partial charge in [0.25, 0.3) is 0 Å². The van der Waals surface area contributed by atoms with Crippen molar-refractivity contribution in [2.75, 3.05) is 13.1 Å². The highest BCUT2D eigenvalue weighted by molar-refractivity contribution is 5.49. The first kappa shape index (κ1) is 13.0. The lowest BCUT2D eigenvalue weighted by Gasteiger charge is -2.03. The molecule has 0 unspecified atom stereocenters. The van der Waals surface area contributed by atoms with E-state index in [1.54, 1.807) is 0 Å². The molecule has 0 bridgehead atoms. The van der Waals surface area contributed by atoms with Crippen LogP contribution in [0, 0.1) is 5.92 Å². The van der Waals surface area contributed by atoms with E-state index in [0.717, 1.165) is 25.4 Å². The number of aryl methyl sites for hydroxylation is 1. The second-order valence-corrected chi connectivity index (χ2v) is 4.55. The van der Waals surface area contributed by atoms with Crippen LogP contribution < -0.4 is 5.32 Å². The van der Waals surface area contributed by atoms with E-state index >= 15 is 0 Å². The monoisotopic (exact) mass is 217 g/mol. The third kappa shape index (κ3) is 5.13. The first-order chi connectivity index (χ1) is 7.72. The highest BCUT2D eigenvalue weighted by Crippen LogP contribution is 2.06. The van der Waals surface area contributed by atoms with Crippen molar-refractivity contribution in [1.29, 1.82) is 0 Å². The van der Waals surface area contributed by atoms with Crippen LogP contribution in [0.1, 0.15) is 31.9 Å². The predicted molar refractivity (Wildman–Crippen MR) is 72.6 cm³/mol. The molecule has 0 aliphatic heterocycles. The fourth-order valence-corrected chi connectivity index (χ4v) is 1.51. The Morgan fingerprint density at radius 2 is 1.88 bits per heavy atom. The Kier molecular flexibility index (Phi) is 5.87. The molecule has 0 heterocycles. The molecule has 0 spiro atoms. The Hall–Kier alpha value is -1.08. The summed E-state index contributed by atoms with van der Waals surface area (Å²) >= 11 is 0. The van der Waals surface area contributed by atoms with E-state index in [-0.39, 0.29) is 0 Å². The van der Waals surface area contributed by atoms with E-state index in [0.29, 0.717) is 0 Å². The third-order valence-electron chi connectivity index (χ3n) is 2.51. The molecular formula is C15H23N. The van der Waals surface area contributed by atoms with E-state index in [2.05, 4.69) is 62.5 Å². The van der Waals surface area contributed by atoms with E-state index in [1.807, 2.05) is 0 Å². The molecule has 0 radical (unpaired) electrons. The molecule has 1 rings (SSSR count). The minimum absolute atomic E-state index is 0.720. The van der Waals surface area contributed by atoms with Crippen molar-refractivity contribution < 1.29 is 0 Å². The van der Waals surface area contributed by atoms with Gasteiger partial charge in [0.2, 0.25) is 0 Å². The quantitative estimate of drug-likeness (QED) is 0.719. The van der Waals surface area contributed by atoms with E-state index in [1.165, 1.54) is 11.1 Å². The number of nitrogens with one attached hydrogen (secondary N) is 1. The molecule has 1 aromatic carbocycles. The van der Waals surface area contributed by atoms with Gasteiger partial charge in [0, 0.05) is 6.54 Å². The van der Waals surface area contributed by atoms with Crippen LogP contribution in [-0.4, -0.2) is 13.1 Å². The summed E-state index contributed by atoms with van der Waals surface area (Å²) in [6.45, 7) is 8.66. The summed E-state index contributed by atoms with van der Waals surface area (Å²) in [5, 5.41) is 3.39. The molecular weight excluding hydrogens is 194 g/mol. The molecule has 0 aliphatic rings. The summed E-state index contributed by atoms with van der Waals surface area (Å²) in [7, 11) is 0. The highest BCUT2D eigenvalue weighted by atomic mass is 14.8. The number of hydrogen-bond acceptors (Lipinski definition) is 1. The van der Waals surface area contributed by atoms with E-state index in [4.69, 9.17) is 0 Å². The molecule has 16 heavy (non-hydrogen) atoms. The summed E-state index contributed by atoms with van der Waals surface area (Å²) in [4.78, 5) is 0. The smallest absolute Gasteiger partial charge is 0.0138 e. The van der Waals surface area contributed by atoms with Crippen molar-refractivity contribution in [3.63, 3.8) is 0 Å². The van der Waals surface area contributed by atoms with Crippen LogP contribution in [0.4, 0.5) is 0 Å². The van der Waals surface area contributed by atoms with Gasteiger partial charge in [-0.25, -0.2) is 0 Å². The molecule has 1 heteroatoms. The molecule has 88 valence electrons. The molecule has 1 N–H and O–H groups in total. The minimum Gasteiger partial charge on any atom is -0.313 e. The Labute approximate surface area is 99.6 Å². The van der Waals surface area contributed by atoms with Gasteiger partial charge in [-0.05, 0) is 30.0 Å².